The van der Waals surface area contributed by atoms with Crippen molar-refractivity contribution in [3.8, 4) is 11.4 Å². The minimum atomic E-state index is -0.251. The third kappa shape index (κ3) is 4.49. The maximum absolute atomic E-state index is 13.2. The second-order valence-corrected chi connectivity index (χ2v) is 9.53. The van der Waals surface area contributed by atoms with Gasteiger partial charge in [-0.2, -0.15) is 0 Å². The molecule has 5 nitrogen and oxygen atoms in total. The molecule has 1 saturated heterocycles. The Balaban J connectivity index is 1.39. The Hall–Kier alpha value is -3.77. The van der Waals surface area contributed by atoms with Crippen LogP contribution < -0.4 is 4.74 Å². The van der Waals surface area contributed by atoms with E-state index in [1.807, 2.05) is 99.6 Å². The first-order chi connectivity index (χ1) is 16.9. The molecule has 0 saturated carbocycles. The van der Waals surface area contributed by atoms with E-state index < -0.39 is 0 Å². The van der Waals surface area contributed by atoms with Crippen molar-refractivity contribution in [2.75, 3.05) is 6.61 Å². The van der Waals surface area contributed by atoms with Crippen molar-refractivity contribution in [3.63, 3.8) is 0 Å². The van der Waals surface area contributed by atoms with E-state index in [-0.39, 0.29) is 17.7 Å². The molecule has 1 aliphatic rings. The highest BCUT2D eigenvalue weighted by Crippen LogP contribution is 2.35. The predicted molar refractivity (Wildman–Crippen MR) is 142 cm³/mol. The van der Waals surface area contributed by atoms with Crippen molar-refractivity contribution < 1.29 is 14.3 Å². The van der Waals surface area contributed by atoms with Crippen LogP contribution in [-0.2, 0) is 11.3 Å². The highest BCUT2D eigenvalue weighted by Gasteiger charge is 2.35. The molecule has 0 atom stereocenters. The summed E-state index contributed by atoms with van der Waals surface area (Å²) in [6.07, 6.45) is 1.83. The number of fused-ring (bicyclic) bond motifs is 1. The first kappa shape index (κ1) is 23.0. The standard InChI is InChI=1S/C29H26N2O3S/c1-4-34-26-13-11-25(12-14-26)31-19(2)15-24(20(31)3)17-27-28(32)30(29(33)35-27)18-21-9-10-22-7-5-6-8-23(22)16-21/h5-17H,4,18H2,1-3H3/b27-17-. The summed E-state index contributed by atoms with van der Waals surface area (Å²) in [5.41, 5.74) is 4.93. The maximum Gasteiger partial charge on any atom is 0.293 e. The number of carbonyl (C=O) groups excluding carboxylic acids is 2. The SMILES string of the molecule is CCOc1ccc(-n2c(C)cc(/C=C3\SC(=O)N(Cc4ccc5ccccc5c4)C3=O)c2C)cc1. The van der Waals surface area contributed by atoms with Crippen molar-refractivity contribution in [2.45, 2.75) is 27.3 Å². The van der Waals surface area contributed by atoms with Crippen molar-refractivity contribution in [1.82, 2.24) is 9.47 Å². The number of benzene rings is 3. The van der Waals surface area contributed by atoms with Crippen LogP contribution in [0.3, 0.4) is 0 Å². The van der Waals surface area contributed by atoms with Crippen LogP contribution in [0.5, 0.6) is 5.75 Å². The molecule has 1 aromatic heterocycles. The zero-order valence-corrected chi connectivity index (χ0v) is 20.8. The van der Waals surface area contributed by atoms with E-state index in [9.17, 15) is 9.59 Å². The molecule has 0 bridgehead atoms. The smallest absolute Gasteiger partial charge is 0.293 e. The van der Waals surface area contributed by atoms with E-state index in [1.54, 1.807) is 0 Å². The molecule has 0 radical (unpaired) electrons. The number of hydrogen-bond acceptors (Lipinski definition) is 4. The summed E-state index contributed by atoms with van der Waals surface area (Å²) in [6.45, 7) is 6.91. The first-order valence-electron chi connectivity index (χ1n) is 11.6. The molecule has 3 aromatic carbocycles. The minimum absolute atomic E-state index is 0.241. The molecule has 35 heavy (non-hydrogen) atoms. The van der Waals surface area contributed by atoms with Gasteiger partial charge in [0.25, 0.3) is 11.1 Å². The van der Waals surface area contributed by atoms with E-state index in [0.717, 1.165) is 56.5 Å². The van der Waals surface area contributed by atoms with Crippen molar-refractivity contribution in [3.05, 3.63) is 100 Å². The molecule has 6 heteroatoms. The van der Waals surface area contributed by atoms with E-state index in [1.165, 1.54) is 4.90 Å². The Morgan fingerprint density at radius 1 is 0.914 bits per heavy atom. The van der Waals surface area contributed by atoms with Crippen LogP contribution in [-0.4, -0.2) is 27.2 Å². The second-order valence-electron chi connectivity index (χ2n) is 8.54. The Labute approximate surface area is 209 Å². The molecule has 4 aromatic rings. The van der Waals surface area contributed by atoms with Crippen LogP contribution in [0.4, 0.5) is 4.79 Å². The fourth-order valence-corrected chi connectivity index (χ4v) is 5.32. The number of imide groups is 1. The third-order valence-electron chi connectivity index (χ3n) is 6.19. The van der Waals surface area contributed by atoms with Crippen LogP contribution in [0.25, 0.3) is 22.5 Å². The molecule has 2 amide bonds. The molecule has 0 spiro atoms. The fourth-order valence-electron chi connectivity index (χ4n) is 4.49. The number of rotatable bonds is 6. The maximum atomic E-state index is 13.2. The highest BCUT2D eigenvalue weighted by molar-refractivity contribution is 8.18. The number of aryl methyl sites for hydroxylation is 1. The van der Waals surface area contributed by atoms with Crippen LogP contribution in [0.2, 0.25) is 0 Å². The molecule has 1 fully saturated rings. The van der Waals surface area contributed by atoms with Gasteiger partial charge in [0, 0.05) is 17.1 Å². The molecular weight excluding hydrogens is 456 g/mol. The largest absolute Gasteiger partial charge is 0.494 e. The number of thioether (sulfide) groups is 1. The number of ether oxygens (including phenoxy) is 1. The number of hydrogen-bond donors (Lipinski definition) is 0. The predicted octanol–water partition coefficient (Wildman–Crippen LogP) is 6.88. The zero-order valence-electron chi connectivity index (χ0n) is 19.9. The lowest BCUT2D eigenvalue weighted by molar-refractivity contribution is -0.123. The van der Waals surface area contributed by atoms with Gasteiger partial charge < -0.3 is 9.30 Å². The first-order valence-corrected chi connectivity index (χ1v) is 12.4. The summed E-state index contributed by atoms with van der Waals surface area (Å²) < 4.78 is 7.69. The Bertz CT molecular complexity index is 1470. The van der Waals surface area contributed by atoms with Gasteiger partial charge in [0.05, 0.1) is 18.1 Å². The number of carbonyl (C=O) groups is 2. The number of amides is 2. The molecule has 0 unspecified atom stereocenters. The Morgan fingerprint density at radius 2 is 1.66 bits per heavy atom. The van der Waals surface area contributed by atoms with Crippen molar-refractivity contribution >= 4 is 39.8 Å². The van der Waals surface area contributed by atoms with E-state index >= 15 is 0 Å². The second kappa shape index (κ2) is 9.47. The zero-order chi connectivity index (χ0) is 24.5. The fraction of sp³-hybridized carbons (Fsp3) is 0.172. The Kier molecular flexibility index (Phi) is 6.22. The molecule has 1 aliphatic heterocycles. The molecule has 0 N–H and O–H groups in total. The normalized spacial score (nSPS) is 14.9. The average molecular weight is 483 g/mol. The molecule has 0 aliphatic carbocycles. The van der Waals surface area contributed by atoms with Gasteiger partial charge in [-0.15, -0.1) is 0 Å². The van der Waals surface area contributed by atoms with Gasteiger partial charge in [0.1, 0.15) is 5.75 Å². The van der Waals surface area contributed by atoms with Crippen LogP contribution in [0.15, 0.2) is 77.7 Å². The van der Waals surface area contributed by atoms with Crippen LogP contribution in [0, 0.1) is 13.8 Å². The van der Waals surface area contributed by atoms with Gasteiger partial charge in [-0.05, 0) is 96.9 Å². The van der Waals surface area contributed by atoms with Gasteiger partial charge in [-0.1, -0.05) is 36.4 Å². The van der Waals surface area contributed by atoms with E-state index in [0.29, 0.717) is 11.5 Å². The van der Waals surface area contributed by atoms with Gasteiger partial charge in [-0.3, -0.25) is 14.5 Å². The lowest BCUT2D eigenvalue weighted by atomic mass is 10.1. The number of nitrogens with zero attached hydrogens (tertiary/aromatic N) is 2. The van der Waals surface area contributed by atoms with Crippen molar-refractivity contribution in [2.24, 2.45) is 0 Å². The van der Waals surface area contributed by atoms with Crippen LogP contribution in [0.1, 0.15) is 29.4 Å². The summed E-state index contributed by atoms with van der Waals surface area (Å²) in [7, 11) is 0. The molecular formula is C29H26N2O3S. The summed E-state index contributed by atoms with van der Waals surface area (Å²) >= 11 is 0.999. The monoisotopic (exact) mass is 482 g/mol. The quantitative estimate of drug-likeness (QED) is 0.281. The molecule has 5 rings (SSSR count). The van der Waals surface area contributed by atoms with Gasteiger partial charge in [-0.25, -0.2) is 0 Å². The summed E-state index contributed by atoms with van der Waals surface area (Å²) in [5.74, 6) is 0.582. The van der Waals surface area contributed by atoms with Crippen molar-refractivity contribution in [1.29, 1.82) is 0 Å². The van der Waals surface area contributed by atoms with Gasteiger partial charge in [0.2, 0.25) is 0 Å². The van der Waals surface area contributed by atoms with E-state index in [2.05, 4.69) is 4.57 Å². The minimum Gasteiger partial charge on any atom is -0.494 e. The van der Waals surface area contributed by atoms with Gasteiger partial charge >= 0.3 is 0 Å². The summed E-state index contributed by atoms with van der Waals surface area (Å²) in [4.78, 5) is 27.7. The summed E-state index contributed by atoms with van der Waals surface area (Å²) in [5, 5.41) is 1.98. The Morgan fingerprint density at radius 3 is 2.40 bits per heavy atom. The van der Waals surface area contributed by atoms with Crippen LogP contribution >= 0.6 is 11.8 Å². The number of aromatic nitrogens is 1. The lowest BCUT2D eigenvalue weighted by Gasteiger charge is -2.13. The summed E-state index contributed by atoms with van der Waals surface area (Å²) in [6, 6.07) is 24.1. The van der Waals surface area contributed by atoms with E-state index in [4.69, 9.17) is 4.74 Å². The lowest BCUT2D eigenvalue weighted by Crippen LogP contribution is -2.27. The average Bonchev–Trinajstić information content (AvgIpc) is 3.28. The highest BCUT2D eigenvalue weighted by atomic mass is 32.2. The third-order valence-corrected chi connectivity index (χ3v) is 7.10. The topological polar surface area (TPSA) is 51.5 Å². The van der Waals surface area contributed by atoms with Gasteiger partial charge in [0.15, 0.2) is 0 Å². The molecule has 2 heterocycles. The molecule has 176 valence electrons.